The first-order valence-corrected chi connectivity index (χ1v) is 5.87. The van der Waals surface area contributed by atoms with Gasteiger partial charge in [0, 0.05) is 5.69 Å². The molecule has 1 atom stereocenters. The Hall–Kier alpha value is -2.57. The van der Waals surface area contributed by atoms with Gasteiger partial charge in [-0.1, -0.05) is 12.1 Å². The average Bonchev–Trinajstić information content (AvgIpc) is 2.46. The molecule has 1 unspecified atom stereocenters. The first-order chi connectivity index (χ1) is 9.52. The number of nitrogens with one attached hydrogen (secondary N) is 2. The van der Waals surface area contributed by atoms with E-state index in [1.54, 1.807) is 24.3 Å². The van der Waals surface area contributed by atoms with Crippen LogP contribution in [0.5, 0.6) is 0 Å². The van der Waals surface area contributed by atoms with E-state index in [9.17, 15) is 14.4 Å². The van der Waals surface area contributed by atoms with E-state index in [-0.39, 0.29) is 6.42 Å². The second kappa shape index (κ2) is 5.20. The van der Waals surface area contributed by atoms with E-state index < -0.39 is 23.5 Å². The van der Waals surface area contributed by atoms with Gasteiger partial charge in [-0.3, -0.25) is 9.59 Å². The van der Waals surface area contributed by atoms with Crippen LogP contribution >= 0.6 is 0 Å². The molecule has 1 amide bonds. The normalized spacial score (nSPS) is 20.2. The van der Waals surface area contributed by atoms with E-state index >= 15 is 0 Å². The molecule has 0 fully saturated rings. The Balaban J connectivity index is 2.42. The number of carbonyl (C=O) groups is 3. The third-order valence-corrected chi connectivity index (χ3v) is 3.02. The zero-order valence-electron chi connectivity index (χ0n) is 11.1. The minimum Gasteiger partial charge on any atom is -0.469 e. The lowest BCUT2D eigenvalue weighted by molar-refractivity contribution is -0.153. The number of methoxy groups -OCH3 is 2. The van der Waals surface area contributed by atoms with E-state index in [1.165, 1.54) is 14.2 Å². The minimum absolute atomic E-state index is 0.379. The number of carbonyl (C=O) groups excluding carboxylic acids is 3. The van der Waals surface area contributed by atoms with Crippen LogP contribution in [0.1, 0.15) is 16.8 Å². The third-order valence-electron chi connectivity index (χ3n) is 3.02. The number of esters is 2. The standard InChI is InChI=1S/C13H14N2O5/c1-19-10(16)7-13(12(18)20-2)14-9-6-4-3-5-8(9)11(17)15-13/h3-6,14H,7H2,1-2H3,(H,15,17). The molecule has 1 aliphatic heterocycles. The van der Waals surface area contributed by atoms with Crippen molar-refractivity contribution in [3.05, 3.63) is 29.8 Å². The molecule has 0 bridgehead atoms. The van der Waals surface area contributed by atoms with Crippen molar-refractivity contribution in [1.82, 2.24) is 5.32 Å². The van der Waals surface area contributed by atoms with Crippen molar-refractivity contribution in [2.45, 2.75) is 12.1 Å². The van der Waals surface area contributed by atoms with E-state index in [0.717, 1.165) is 0 Å². The van der Waals surface area contributed by atoms with Crippen LogP contribution in [0.3, 0.4) is 0 Å². The van der Waals surface area contributed by atoms with Gasteiger partial charge in [-0.25, -0.2) is 4.79 Å². The van der Waals surface area contributed by atoms with Gasteiger partial charge in [0.1, 0.15) is 0 Å². The highest BCUT2D eigenvalue weighted by atomic mass is 16.5. The van der Waals surface area contributed by atoms with Crippen LogP contribution in [0.15, 0.2) is 24.3 Å². The summed E-state index contributed by atoms with van der Waals surface area (Å²) in [4.78, 5) is 35.6. The summed E-state index contributed by atoms with van der Waals surface area (Å²) in [5, 5.41) is 5.33. The molecule has 1 aromatic rings. The highest BCUT2D eigenvalue weighted by molar-refractivity contribution is 6.07. The SMILES string of the molecule is COC(=O)CC1(C(=O)OC)NC(=O)c2ccccc2N1. The second-order valence-corrected chi connectivity index (χ2v) is 4.27. The summed E-state index contributed by atoms with van der Waals surface area (Å²) in [6, 6.07) is 6.66. The summed E-state index contributed by atoms with van der Waals surface area (Å²) in [6.45, 7) is 0. The Bertz CT molecular complexity index is 572. The van der Waals surface area contributed by atoms with Gasteiger partial charge in [-0.15, -0.1) is 0 Å². The Labute approximate surface area is 115 Å². The number of rotatable bonds is 3. The first kappa shape index (κ1) is 13.9. The molecule has 106 valence electrons. The van der Waals surface area contributed by atoms with E-state index in [1.807, 2.05) is 0 Å². The maximum Gasteiger partial charge on any atom is 0.353 e. The minimum atomic E-state index is -1.66. The van der Waals surface area contributed by atoms with Crippen LogP contribution in [0.2, 0.25) is 0 Å². The number of para-hydroxylation sites is 1. The monoisotopic (exact) mass is 278 g/mol. The topological polar surface area (TPSA) is 93.7 Å². The van der Waals surface area contributed by atoms with Crippen molar-refractivity contribution in [1.29, 1.82) is 0 Å². The Morgan fingerprint density at radius 1 is 1.15 bits per heavy atom. The lowest BCUT2D eigenvalue weighted by Crippen LogP contribution is -2.64. The molecule has 0 saturated carbocycles. The third kappa shape index (κ3) is 2.29. The number of hydrogen-bond acceptors (Lipinski definition) is 6. The van der Waals surface area contributed by atoms with Gasteiger partial charge in [0.25, 0.3) is 5.91 Å². The summed E-state index contributed by atoms with van der Waals surface area (Å²) in [5.41, 5.74) is -0.824. The number of fused-ring (bicyclic) bond motifs is 1. The van der Waals surface area contributed by atoms with Crippen LogP contribution in [0.25, 0.3) is 0 Å². The molecule has 0 saturated heterocycles. The number of amides is 1. The molecule has 0 radical (unpaired) electrons. The summed E-state index contributed by atoms with van der Waals surface area (Å²) in [7, 11) is 2.38. The van der Waals surface area contributed by atoms with Crippen LogP contribution in [0.4, 0.5) is 5.69 Å². The predicted octanol–water partition coefficient (Wildman–Crippen LogP) is 0.274. The molecule has 7 heteroatoms. The van der Waals surface area contributed by atoms with Crippen molar-refractivity contribution in [2.75, 3.05) is 19.5 Å². The Kier molecular flexibility index (Phi) is 3.60. The molecule has 0 spiro atoms. The summed E-state index contributed by atoms with van der Waals surface area (Å²) in [5.74, 6) is -1.89. The number of benzene rings is 1. The Morgan fingerprint density at radius 2 is 1.85 bits per heavy atom. The molecule has 0 aliphatic carbocycles. The number of anilines is 1. The molecular formula is C13H14N2O5. The van der Waals surface area contributed by atoms with Crippen LogP contribution in [-0.4, -0.2) is 37.7 Å². The molecule has 2 rings (SSSR count). The summed E-state index contributed by atoms with van der Waals surface area (Å²) < 4.78 is 9.24. The molecular weight excluding hydrogens is 264 g/mol. The van der Waals surface area contributed by atoms with E-state index in [4.69, 9.17) is 0 Å². The average molecular weight is 278 g/mol. The fourth-order valence-electron chi connectivity index (χ4n) is 2.04. The van der Waals surface area contributed by atoms with Gasteiger partial charge in [0.05, 0.1) is 26.2 Å². The van der Waals surface area contributed by atoms with Gasteiger partial charge in [0.2, 0.25) is 5.66 Å². The molecule has 0 aromatic heterocycles. The molecule has 1 heterocycles. The van der Waals surface area contributed by atoms with Gasteiger partial charge in [-0.2, -0.15) is 0 Å². The number of ether oxygens (including phenoxy) is 2. The quantitative estimate of drug-likeness (QED) is 0.771. The van der Waals surface area contributed by atoms with Crippen molar-refractivity contribution in [3.8, 4) is 0 Å². The summed E-state index contributed by atoms with van der Waals surface area (Å²) >= 11 is 0. The van der Waals surface area contributed by atoms with Crippen molar-refractivity contribution in [3.63, 3.8) is 0 Å². The fourth-order valence-corrected chi connectivity index (χ4v) is 2.04. The molecule has 1 aromatic carbocycles. The summed E-state index contributed by atoms with van der Waals surface area (Å²) in [6.07, 6.45) is -0.379. The van der Waals surface area contributed by atoms with Crippen LogP contribution < -0.4 is 10.6 Å². The smallest absolute Gasteiger partial charge is 0.353 e. The highest BCUT2D eigenvalue weighted by Crippen LogP contribution is 2.27. The van der Waals surface area contributed by atoms with Gasteiger partial charge >= 0.3 is 11.9 Å². The van der Waals surface area contributed by atoms with E-state index in [0.29, 0.717) is 11.3 Å². The molecule has 2 N–H and O–H groups in total. The zero-order valence-corrected chi connectivity index (χ0v) is 11.1. The maximum absolute atomic E-state index is 12.1. The zero-order chi connectivity index (χ0) is 14.8. The first-order valence-electron chi connectivity index (χ1n) is 5.87. The van der Waals surface area contributed by atoms with Gasteiger partial charge < -0.3 is 20.1 Å². The largest absolute Gasteiger partial charge is 0.469 e. The molecule has 1 aliphatic rings. The van der Waals surface area contributed by atoms with Gasteiger partial charge in [-0.05, 0) is 12.1 Å². The van der Waals surface area contributed by atoms with Crippen molar-refractivity contribution in [2.24, 2.45) is 0 Å². The number of hydrogen-bond donors (Lipinski definition) is 2. The van der Waals surface area contributed by atoms with Crippen molar-refractivity contribution < 1.29 is 23.9 Å². The van der Waals surface area contributed by atoms with Crippen LogP contribution in [-0.2, 0) is 19.1 Å². The Morgan fingerprint density at radius 3 is 2.50 bits per heavy atom. The lowest BCUT2D eigenvalue weighted by atomic mass is 9.99. The predicted molar refractivity (Wildman–Crippen MR) is 68.9 cm³/mol. The maximum atomic E-state index is 12.1. The fraction of sp³-hybridized carbons (Fsp3) is 0.308. The van der Waals surface area contributed by atoms with E-state index in [2.05, 4.69) is 20.1 Å². The van der Waals surface area contributed by atoms with Crippen LogP contribution in [0, 0.1) is 0 Å². The lowest BCUT2D eigenvalue weighted by Gasteiger charge is -2.36. The second-order valence-electron chi connectivity index (χ2n) is 4.27. The molecule has 20 heavy (non-hydrogen) atoms. The van der Waals surface area contributed by atoms with Gasteiger partial charge in [0.15, 0.2) is 0 Å². The molecule has 7 nitrogen and oxygen atoms in total. The highest BCUT2D eigenvalue weighted by Gasteiger charge is 2.47. The van der Waals surface area contributed by atoms with Crippen molar-refractivity contribution >= 4 is 23.5 Å².